The Hall–Kier alpha value is -1.35. The summed E-state index contributed by atoms with van der Waals surface area (Å²) in [5.41, 5.74) is 0.476. The van der Waals surface area contributed by atoms with E-state index in [0.29, 0.717) is 0 Å². The molecule has 1 N–H and O–H groups in total. The van der Waals surface area contributed by atoms with E-state index in [1.807, 2.05) is 51.1 Å². The van der Waals surface area contributed by atoms with E-state index in [4.69, 9.17) is 4.74 Å². The van der Waals surface area contributed by atoms with Crippen LogP contribution in [0.3, 0.4) is 0 Å². The van der Waals surface area contributed by atoms with Gasteiger partial charge < -0.3 is 4.74 Å². The lowest BCUT2D eigenvalue weighted by molar-refractivity contribution is -0.147. The monoisotopic (exact) mass is 221 g/mol. The van der Waals surface area contributed by atoms with Crippen LogP contribution in [0.4, 0.5) is 0 Å². The standard InChI is InChI=1S/C13H19NO2/c1-10(11-8-6-5-7-9-11)14-13(2,3)12(15)16-4/h5-10,14H,1-4H3. The van der Waals surface area contributed by atoms with Crippen LogP contribution in [0.2, 0.25) is 0 Å². The fourth-order valence-corrected chi connectivity index (χ4v) is 1.68. The molecule has 0 aliphatic rings. The number of hydrogen-bond donors (Lipinski definition) is 1. The van der Waals surface area contributed by atoms with E-state index < -0.39 is 5.54 Å². The first-order valence-electron chi connectivity index (χ1n) is 5.38. The van der Waals surface area contributed by atoms with Crippen molar-refractivity contribution in [2.75, 3.05) is 7.11 Å². The second-order valence-electron chi connectivity index (χ2n) is 4.39. The molecule has 3 heteroatoms. The van der Waals surface area contributed by atoms with E-state index in [-0.39, 0.29) is 12.0 Å². The van der Waals surface area contributed by atoms with Gasteiger partial charge in [-0.3, -0.25) is 10.1 Å². The molecule has 88 valence electrons. The van der Waals surface area contributed by atoms with Crippen molar-refractivity contribution in [2.45, 2.75) is 32.4 Å². The first-order valence-corrected chi connectivity index (χ1v) is 5.38. The van der Waals surface area contributed by atoms with Gasteiger partial charge in [-0.25, -0.2) is 0 Å². The van der Waals surface area contributed by atoms with Crippen molar-refractivity contribution in [3.8, 4) is 0 Å². The van der Waals surface area contributed by atoms with Crippen LogP contribution in [0.25, 0.3) is 0 Å². The maximum Gasteiger partial charge on any atom is 0.325 e. The zero-order valence-electron chi connectivity index (χ0n) is 10.3. The lowest BCUT2D eigenvalue weighted by Crippen LogP contribution is -2.48. The third-order valence-electron chi connectivity index (χ3n) is 2.57. The Labute approximate surface area is 96.8 Å². The van der Waals surface area contributed by atoms with Crippen LogP contribution in [0, 0.1) is 0 Å². The largest absolute Gasteiger partial charge is 0.468 e. The average Bonchev–Trinajstić information content (AvgIpc) is 2.28. The van der Waals surface area contributed by atoms with Gasteiger partial charge in [0.05, 0.1) is 7.11 Å². The van der Waals surface area contributed by atoms with Crippen LogP contribution in [-0.4, -0.2) is 18.6 Å². The maximum atomic E-state index is 11.5. The van der Waals surface area contributed by atoms with Gasteiger partial charge in [-0.2, -0.15) is 0 Å². The van der Waals surface area contributed by atoms with Gasteiger partial charge in [-0.1, -0.05) is 30.3 Å². The second kappa shape index (κ2) is 5.12. The molecule has 0 spiro atoms. The summed E-state index contributed by atoms with van der Waals surface area (Å²) < 4.78 is 4.75. The molecular formula is C13H19NO2. The molecule has 1 aromatic carbocycles. The smallest absolute Gasteiger partial charge is 0.325 e. The van der Waals surface area contributed by atoms with Gasteiger partial charge >= 0.3 is 5.97 Å². The van der Waals surface area contributed by atoms with Gasteiger partial charge in [0.2, 0.25) is 0 Å². The molecule has 0 bridgehead atoms. The van der Waals surface area contributed by atoms with Crippen LogP contribution in [0.5, 0.6) is 0 Å². The van der Waals surface area contributed by atoms with Crippen LogP contribution >= 0.6 is 0 Å². The molecule has 1 rings (SSSR count). The lowest BCUT2D eigenvalue weighted by atomic mass is 10.0. The minimum atomic E-state index is -0.677. The summed E-state index contributed by atoms with van der Waals surface area (Å²) in [6, 6.07) is 10.1. The number of ether oxygens (including phenoxy) is 1. The maximum absolute atomic E-state index is 11.5. The van der Waals surface area contributed by atoms with E-state index in [1.54, 1.807) is 0 Å². The van der Waals surface area contributed by atoms with Crippen molar-refractivity contribution in [2.24, 2.45) is 0 Å². The summed E-state index contributed by atoms with van der Waals surface area (Å²) in [5, 5.41) is 3.25. The highest BCUT2D eigenvalue weighted by Crippen LogP contribution is 2.16. The Morgan fingerprint density at radius 1 is 1.31 bits per heavy atom. The van der Waals surface area contributed by atoms with Crippen LogP contribution in [-0.2, 0) is 9.53 Å². The molecule has 1 unspecified atom stereocenters. The molecule has 0 amide bonds. The first kappa shape index (κ1) is 12.7. The van der Waals surface area contributed by atoms with E-state index in [2.05, 4.69) is 5.32 Å². The molecule has 16 heavy (non-hydrogen) atoms. The molecule has 1 atom stereocenters. The number of esters is 1. The minimum Gasteiger partial charge on any atom is -0.468 e. The SMILES string of the molecule is COC(=O)C(C)(C)NC(C)c1ccccc1. The highest BCUT2D eigenvalue weighted by molar-refractivity contribution is 5.79. The number of methoxy groups -OCH3 is 1. The Balaban J connectivity index is 2.71. The Bertz CT molecular complexity index is 346. The average molecular weight is 221 g/mol. The third kappa shape index (κ3) is 3.07. The second-order valence-corrected chi connectivity index (χ2v) is 4.39. The molecule has 0 aromatic heterocycles. The molecule has 0 aliphatic carbocycles. The van der Waals surface area contributed by atoms with Crippen molar-refractivity contribution in [3.63, 3.8) is 0 Å². The predicted octanol–water partition coefficient (Wildman–Crippen LogP) is 2.29. The fourth-order valence-electron chi connectivity index (χ4n) is 1.68. The number of carbonyl (C=O) groups is 1. The Morgan fingerprint density at radius 2 is 1.88 bits per heavy atom. The summed E-state index contributed by atoms with van der Waals surface area (Å²) in [6.07, 6.45) is 0. The van der Waals surface area contributed by atoms with Gasteiger partial charge in [0.25, 0.3) is 0 Å². The van der Waals surface area contributed by atoms with Crippen molar-refractivity contribution in [1.29, 1.82) is 0 Å². The normalized spacial score (nSPS) is 13.2. The number of carbonyl (C=O) groups excluding carboxylic acids is 1. The first-order chi connectivity index (χ1) is 7.47. The highest BCUT2D eigenvalue weighted by atomic mass is 16.5. The fraction of sp³-hybridized carbons (Fsp3) is 0.462. The van der Waals surface area contributed by atoms with Gasteiger partial charge in [0.1, 0.15) is 5.54 Å². The van der Waals surface area contributed by atoms with Gasteiger partial charge in [-0.15, -0.1) is 0 Å². The van der Waals surface area contributed by atoms with Crippen molar-refractivity contribution in [1.82, 2.24) is 5.32 Å². The molecule has 0 aliphatic heterocycles. The van der Waals surface area contributed by atoms with Crippen LogP contribution < -0.4 is 5.32 Å². The molecule has 0 radical (unpaired) electrons. The van der Waals surface area contributed by atoms with Crippen molar-refractivity contribution >= 4 is 5.97 Å². The van der Waals surface area contributed by atoms with Gasteiger partial charge in [-0.05, 0) is 26.3 Å². The number of hydrogen-bond acceptors (Lipinski definition) is 3. The van der Waals surface area contributed by atoms with Crippen molar-refractivity contribution < 1.29 is 9.53 Å². The summed E-state index contributed by atoms with van der Waals surface area (Å²) >= 11 is 0. The summed E-state index contributed by atoms with van der Waals surface area (Å²) in [5.74, 6) is -0.254. The van der Waals surface area contributed by atoms with E-state index in [1.165, 1.54) is 7.11 Å². The Morgan fingerprint density at radius 3 is 2.38 bits per heavy atom. The summed E-state index contributed by atoms with van der Waals surface area (Å²) in [7, 11) is 1.40. The van der Waals surface area contributed by atoms with Gasteiger partial charge in [0.15, 0.2) is 0 Å². The van der Waals surface area contributed by atoms with E-state index >= 15 is 0 Å². The molecule has 0 fully saturated rings. The number of nitrogens with one attached hydrogen (secondary N) is 1. The molecular weight excluding hydrogens is 202 g/mol. The number of benzene rings is 1. The van der Waals surface area contributed by atoms with Crippen LogP contribution in [0.15, 0.2) is 30.3 Å². The van der Waals surface area contributed by atoms with E-state index in [0.717, 1.165) is 5.56 Å². The lowest BCUT2D eigenvalue weighted by Gasteiger charge is -2.27. The van der Waals surface area contributed by atoms with Gasteiger partial charge in [0, 0.05) is 6.04 Å². The summed E-state index contributed by atoms with van der Waals surface area (Å²) in [6.45, 7) is 5.66. The third-order valence-corrected chi connectivity index (χ3v) is 2.57. The zero-order valence-corrected chi connectivity index (χ0v) is 10.3. The highest BCUT2D eigenvalue weighted by Gasteiger charge is 2.30. The van der Waals surface area contributed by atoms with Crippen LogP contribution in [0.1, 0.15) is 32.4 Å². The van der Waals surface area contributed by atoms with E-state index in [9.17, 15) is 4.79 Å². The molecule has 1 aromatic rings. The molecule has 0 saturated heterocycles. The number of rotatable bonds is 4. The quantitative estimate of drug-likeness (QED) is 0.793. The zero-order chi connectivity index (χ0) is 12.2. The Kier molecular flexibility index (Phi) is 4.07. The predicted molar refractivity (Wildman–Crippen MR) is 64.1 cm³/mol. The molecule has 3 nitrogen and oxygen atoms in total. The minimum absolute atomic E-state index is 0.107. The summed E-state index contributed by atoms with van der Waals surface area (Å²) in [4.78, 5) is 11.5. The van der Waals surface area contributed by atoms with Crippen molar-refractivity contribution in [3.05, 3.63) is 35.9 Å². The molecule has 0 saturated carbocycles. The topological polar surface area (TPSA) is 38.3 Å². The molecule has 0 heterocycles.